The van der Waals surface area contributed by atoms with Gasteiger partial charge in [-0.05, 0) is 48.0 Å². The number of ether oxygens (including phenoxy) is 3. The molecule has 6 nitrogen and oxygen atoms in total. The number of carbonyl (C=O) groups excluding carboxylic acids is 1. The van der Waals surface area contributed by atoms with Crippen molar-refractivity contribution in [3.8, 4) is 28.6 Å². The van der Waals surface area contributed by atoms with E-state index in [4.69, 9.17) is 19.2 Å². The molecule has 0 unspecified atom stereocenters. The number of carbonyl (C=O) groups is 1. The number of esters is 1. The number of benzene rings is 4. The second kappa shape index (κ2) is 10.4. The van der Waals surface area contributed by atoms with Crippen LogP contribution in [0.25, 0.3) is 22.4 Å². The lowest BCUT2D eigenvalue weighted by Crippen LogP contribution is -2.12. The van der Waals surface area contributed by atoms with E-state index >= 15 is 0 Å². The molecule has 5 aromatic rings. The van der Waals surface area contributed by atoms with Crippen LogP contribution in [0, 0.1) is 0 Å². The number of rotatable bonds is 8. The Morgan fingerprint density at radius 3 is 2.28 bits per heavy atom. The highest BCUT2D eigenvalue weighted by molar-refractivity contribution is 5.81. The number of aromatic nitrogens is 2. The molecule has 0 aliphatic rings. The van der Waals surface area contributed by atoms with E-state index in [2.05, 4.69) is 22.8 Å². The fourth-order valence-corrected chi connectivity index (χ4v) is 4.21. The molecular formula is C30H26N2O4. The van der Waals surface area contributed by atoms with Crippen molar-refractivity contribution < 1.29 is 19.0 Å². The molecule has 1 aromatic heterocycles. The molecule has 0 aliphatic carbocycles. The van der Waals surface area contributed by atoms with Crippen molar-refractivity contribution >= 4 is 17.0 Å². The van der Waals surface area contributed by atoms with E-state index in [1.807, 2.05) is 48.5 Å². The molecule has 0 saturated heterocycles. The molecule has 0 amide bonds. The fraction of sp³-hybridized carbons (Fsp3) is 0.133. The summed E-state index contributed by atoms with van der Waals surface area (Å²) in [5.41, 5.74) is 4.88. The molecule has 0 N–H and O–H groups in total. The maximum atomic E-state index is 12.6. The molecule has 5 rings (SSSR count). The number of nitrogens with zero attached hydrogens (tertiary/aromatic N) is 2. The van der Waals surface area contributed by atoms with E-state index in [1.165, 1.54) is 5.56 Å². The van der Waals surface area contributed by atoms with Crippen LogP contribution in [0.2, 0.25) is 0 Å². The van der Waals surface area contributed by atoms with Gasteiger partial charge >= 0.3 is 5.97 Å². The third kappa shape index (κ3) is 4.93. The SMILES string of the molecule is COc1ccc(CC(=O)Oc2ccc(-c3nc4ccccc4n3Cc3ccccc3)cc2)c(OC)c1. The molecule has 0 aliphatic heterocycles. The van der Waals surface area contributed by atoms with Gasteiger partial charge in [-0.3, -0.25) is 4.79 Å². The summed E-state index contributed by atoms with van der Waals surface area (Å²) in [5.74, 6) is 2.21. The Balaban J connectivity index is 1.36. The number of para-hydroxylation sites is 2. The van der Waals surface area contributed by atoms with Gasteiger partial charge in [0.25, 0.3) is 0 Å². The summed E-state index contributed by atoms with van der Waals surface area (Å²) in [6.45, 7) is 0.705. The van der Waals surface area contributed by atoms with Crippen LogP contribution in [0.1, 0.15) is 11.1 Å². The van der Waals surface area contributed by atoms with Crippen molar-refractivity contribution in [2.45, 2.75) is 13.0 Å². The third-order valence-corrected chi connectivity index (χ3v) is 6.01. The van der Waals surface area contributed by atoms with Crippen LogP contribution in [-0.4, -0.2) is 29.7 Å². The van der Waals surface area contributed by atoms with Gasteiger partial charge in [-0.15, -0.1) is 0 Å². The van der Waals surface area contributed by atoms with E-state index in [9.17, 15) is 4.79 Å². The van der Waals surface area contributed by atoms with Crippen molar-refractivity contribution in [2.24, 2.45) is 0 Å². The molecule has 36 heavy (non-hydrogen) atoms. The average Bonchev–Trinajstić information content (AvgIpc) is 3.28. The monoisotopic (exact) mass is 478 g/mol. The third-order valence-electron chi connectivity index (χ3n) is 6.01. The van der Waals surface area contributed by atoms with Gasteiger partial charge in [-0.1, -0.05) is 48.5 Å². The topological polar surface area (TPSA) is 62.6 Å². The lowest BCUT2D eigenvalue weighted by Gasteiger charge is -2.11. The average molecular weight is 479 g/mol. The van der Waals surface area contributed by atoms with Crippen LogP contribution < -0.4 is 14.2 Å². The first-order chi connectivity index (χ1) is 17.6. The maximum absolute atomic E-state index is 12.6. The van der Waals surface area contributed by atoms with Gasteiger partial charge in [0.2, 0.25) is 0 Å². The minimum absolute atomic E-state index is 0.0851. The van der Waals surface area contributed by atoms with Gasteiger partial charge in [0.1, 0.15) is 23.1 Å². The maximum Gasteiger partial charge on any atom is 0.315 e. The van der Waals surface area contributed by atoms with Gasteiger partial charge in [-0.2, -0.15) is 0 Å². The molecule has 4 aromatic carbocycles. The van der Waals surface area contributed by atoms with Crippen molar-refractivity contribution in [3.63, 3.8) is 0 Å². The minimum atomic E-state index is -0.373. The van der Waals surface area contributed by atoms with Gasteiger partial charge in [-0.25, -0.2) is 4.98 Å². The summed E-state index contributed by atoms with van der Waals surface area (Å²) in [5, 5.41) is 0. The first kappa shape index (κ1) is 23.2. The highest BCUT2D eigenvalue weighted by atomic mass is 16.5. The summed E-state index contributed by atoms with van der Waals surface area (Å²) >= 11 is 0. The van der Waals surface area contributed by atoms with Crippen molar-refractivity contribution in [1.82, 2.24) is 9.55 Å². The van der Waals surface area contributed by atoms with Gasteiger partial charge in [0, 0.05) is 23.7 Å². The van der Waals surface area contributed by atoms with Crippen molar-refractivity contribution in [2.75, 3.05) is 14.2 Å². The Morgan fingerprint density at radius 2 is 1.53 bits per heavy atom. The van der Waals surface area contributed by atoms with E-state index in [0.29, 0.717) is 23.8 Å². The Hall–Kier alpha value is -4.58. The standard InChI is InChI=1S/C30H26N2O4/c1-34-25-17-14-23(28(19-25)35-2)18-29(33)36-24-15-12-22(13-16-24)30-31-26-10-6-7-11-27(26)32(30)20-21-8-4-3-5-9-21/h3-17,19H,18,20H2,1-2H3. The predicted octanol–water partition coefficient (Wildman–Crippen LogP) is 5.92. The number of imidazole rings is 1. The van der Waals surface area contributed by atoms with Crippen LogP contribution in [0.4, 0.5) is 0 Å². The Labute approximate surface area is 209 Å². The molecule has 0 spiro atoms. The minimum Gasteiger partial charge on any atom is -0.497 e. The molecule has 6 heteroatoms. The molecule has 0 saturated carbocycles. The van der Waals surface area contributed by atoms with E-state index in [-0.39, 0.29) is 12.4 Å². The molecular weight excluding hydrogens is 452 g/mol. The van der Waals surface area contributed by atoms with E-state index in [0.717, 1.165) is 28.0 Å². The predicted molar refractivity (Wildman–Crippen MR) is 140 cm³/mol. The quantitative estimate of drug-likeness (QED) is 0.205. The Kier molecular flexibility index (Phi) is 6.67. The number of fused-ring (bicyclic) bond motifs is 1. The number of methoxy groups -OCH3 is 2. The second-order valence-corrected chi connectivity index (χ2v) is 8.35. The smallest absolute Gasteiger partial charge is 0.315 e. The summed E-state index contributed by atoms with van der Waals surface area (Å²) in [6, 6.07) is 31.2. The van der Waals surface area contributed by atoms with Crippen LogP contribution in [-0.2, 0) is 17.8 Å². The van der Waals surface area contributed by atoms with Crippen LogP contribution in [0.3, 0.4) is 0 Å². The summed E-state index contributed by atoms with van der Waals surface area (Å²) in [4.78, 5) is 17.5. The molecule has 0 fully saturated rings. The summed E-state index contributed by atoms with van der Waals surface area (Å²) < 4.78 is 18.4. The number of hydrogen-bond donors (Lipinski definition) is 0. The number of hydrogen-bond acceptors (Lipinski definition) is 5. The zero-order valence-electron chi connectivity index (χ0n) is 20.2. The zero-order valence-corrected chi connectivity index (χ0v) is 20.2. The highest BCUT2D eigenvalue weighted by Crippen LogP contribution is 2.28. The van der Waals surface area contributed by atoms with Gasteiger partial charge in [0.05, 0.1) is 31.7 Å². The van der Waals surface area contributed by atoms with Crippen molar-refractivity contribution in [3.05, 3.63) is 108 Å². The fourth-order valence-electron chi connectivity index (χ4n) is 4.21. The summed E-state index contributed by atoms with van der Waals surface area (Å²) in [7, 11) is 3.15. The molecule has 0 atom stereocenters. The lowest BCUT2D eigenvalue weighted by molar-refractivity contribution is -0.133. The molecule has 0 bridgehead atoms. The van der Waals surface area contributed by atoms with Crippen LogP contribution in [0.15, 0.2) is 97.1 Å². The second-order valence-electron chi connectivity index (χ2n) is 8.35. The highest BCUT2D eigenvalue weighted by Gasteiger charge is 2.15. The molecule has 180 valence electrons. The van der Waals surface area contributed by atoms with Gasteiger partial charge < -0.3 is 18.8 Å². The van der Waals surface area contributed by atoms with E-state index < -0.39 is 0 Å². The zero-order chi connectivity index (χ0) is 24.9. The van der Waals surface area contributed by atoms with E-state index in [1.54, 1.807) is 44.6 Å². The Morgan fingerprint density at radius 1 is 0.806 bits per heavy atom. The molecule has 0 radical (unpaired) electrons. The summed E-state index contributed by atoms with van der Waals surface area (Å²) in [6.07, 6.45) is 0.0851. The molecule has 1 heterocycles. The Bertz CT molecular complexity index is 1490. The lowest BCUT2D eigenvalue weighted by atomic mass is 10.1. The van der Waals surface area contributed by atoms with Gasteiger partial charge in [0.15, 0.2) is 0 Å². The van der Waals surface area contributed by atoms with Crippen LogP contribution >= 0.6 is 0 Å². The largest absolute Gasteiger partial charge is 0.497 e. The van der Waals surface area contributed by atoms with Crippen molar-refractivity contribution in [1.29, 1.82) is 0 Å². The first-order valence-electron chi connectivity index (χ1n) is 11.7. The van der Waals surface area contributed by atoms with Crippen LogP contribution in [0.5, 0.6) is 17.2 Å². The normalized spacial score (nSPS) is 10.8. The first-order valence-corrected chi connectivity index (χ1v) is 11.7.